The summed E-state index contributed by atoms with van der Waals surface area (Å²) in [6, 6.07) is 1.99. The molecule has 0 saturated heterocycles. The third-order valence-corrected chi connectivity index (χ3v) is 2.17. The summed E-state index contributed by atoms with van der Waals surface area (Å²) >= 11 is 5.56. The van der Waals surface area contributed by atoms with Gasteiger partial charge in [0, 0.05) is 12.6 Å². The largest absolute Gasteiger partial charge is 0.258 e. The molecule has 0 aliphatic heterocycles. The van der Waals surface area contributed by atoms with Crippen LogP contribution in [0.1, 0.15) is 6.92 Å². The van der Waals surface area contributed by atoms with Gasteiger partial charge in [0.2, 0.25) is 0 Å². The molecule has 1 rings (SSSR count). The predicted octanol–water partition coefficient (Wildman–Crippen LogP) is 2.27. The van der Waals surface area contributed by atoms with Gasteiger partial charge in [0.1, 0.15) is 8.30 Å². The van der Waals surface area contributed by atoms with Crippen LogP contribution in [0, 0.1) is 3.70 Å². The zero-order valence-electron chi connectivity index (χ0n) is 4.93. The lowest BCUT2D eigenvalue weighted by atomic mass is 10.7. The summed E-state index contributed by atoms with van der Waals surface area (Å²) in [4.78, 5) is 0. The molecular weight excluding hydrogens is 295 g/mol. The Bertz CT molecular complexity index is 209. The van der Waals surface area contributed by atoms with E-state index in [1.54, 1.807) is 0 Å². The van der Waals surface area contributed by atoms with Crippen molar-refractivity contribution in [2.45, 2.75) is 13.5 Å². The second-order valence-electron chi connectivity index (χ2n) is 1.61. The van der Waals surface area contributed by atoms with Crippen LogP contribution in [0.2, 0.25) is 0 Å². The van der Waals surface area contributed by atoms with Crippen molar-refractivity contribution in [1.29, 1.82) is 0 Å². The van der Waals surface area contributed by atoms with Crippen LogP contribution >= 0.6 is 38.5 Å². The Balaban J connectivity index is 3.01. The number of aromatic nitrogens is 2. The van der Waals surface area contributed by atoms with Crippen LogP contribution in [0.3, 0.4) is 0 Å². The first-order valence-corrected chi connectivity index (χ1v) is 4.50. The highest BCUT2D eigenvalue weighted by Gasteiger charge is 1.98. The van der Waals surface area contributed by atoms with Gasteiger partial charge < -0.3 is 0 Å². The third kappa shape index (κ3) is 1.67. The molecular formula is C5H6BrIN2. The normalized spacial score (nSPS) is 10.1. The highest BCUT2D eigenvalue weighted by molar-refractivity contribution is 14.1. The van der Waals surface area contributed by atoms with Gasteiger partial charge in [0.25, 0.3) is 0 Å². The van der Waals surface area contributed by atoms with Crippen LogP contribution < -0.4 is 0 Å². The quantitative estimate of drug-likeness (QED) is 0.728. The number of hydrogen-bond donors (Lipinski definition) is 0. The van der Waals surface area contributed by atoms with Gasteiger partial charge in [-0.1, -0.05) is 0 Å². The van der Waals surface area contributed by atoms with Crippen molar-refractivity contribution in [2.75, 3.05) is 0 Å². The molecule has 0 spiro atoms. The molecule has 2 nitrogen and oxygen atoms in total. The molecule has 9 heavy (non-hydrogen) atoms. The maximum Gasteiger partial charge on any atom is 0.124 e. The number of rotatable bonds is 1. The lowest BCUT2D eigenvalue weighted by Gasteiger charge is -1.93. The monoisotopic (exact) mass is 300 g/mol. The number of aryl methyl sites for hydroxylation is 1. The van der Waals surface area contributed by atoms with Crippen LogP contribution in [0.25, 0.3) is 0 Å². The zero-order valence-corrected chi connectivity index (χ0v) is 8.68. The summed E-state index contributed by atoms with van der Waals surface area (Å²) in [6.07, 6.45) is 0. The molecule has 0 saturated carbocycles. The lowest BCUT2D eigenvalue weighted by molar-refractivity contribution is 0.641. The van der Waals surface area contributed by atoms with Crippen molar-refractivity contribution in [2.24, 2.45) is 0 Å². The van der Waals surface area contributed by atoms with E-state index >= 15 is 0 Å². The van der Waals surface area contributed by atoms with E-state index in [-0.39, 0.29) is 0 Å². The molecule has 1 heterocycles. The smallest absolute Gasteiger partial charge is 0.124 e. The first-order chi connectivity index (χ1) is 4.24. The minimum Gasteiger partial charge on any atom is -0.258 e. The molecule has 0 N–H and O–H groups in total. The Labute approximate surface area is 75.9 Å². The van der Waals surface area contributed by atoms with E-state index in [1.165, 1.54) is 0 Å². The summed E-state index contributed by atoms with van der Waals surface area (Å²) in [5, 5.41) is 4.19. The van der Waals surface area contributed by atoms with Crippen molar-refractivity contribution < 1.29 is 0 Å². The van der Waals surface area contributed by atoms with Gasteiger partial charge in [-0.05, 0) is 45.4 Å². The average Bonchev–Trinajstić information content (AvgIpc) is 2.10. The minimum absolute atomic E-state index is 0.920. The van der Waals surface area contributed by atoms with Crippen molar-refractivity contribution in [3.63, 3.8) is 0 Å². The molecule has 0 amide bonds. The van der Waals surface area contributed by atoms with Crippen molar-refractivity contribution in [3.05, 3.63) is 14.4 Å². The van der Waals surface area contributed by atoms with Gasteiger partial charge in [0.15, 0.2) is 0 Å². The highest BCUT2D eigenvalue weighted by atomic mass is 127. The first kappa shape index (κ1) is 7.53. The van der Waals surface area contributed by atoms with Gasteiger partial charge >= 0.3 is 0 Å². The highest BCUT2D eigenvalue weighted by Crippen LogP contribution is 2.12. The molecule has 1 aromatic rings. The van der Waals surface area contributed by atoms with Gasteiger partial charge in [-0.25, -0.2) is 0 Å². The van der Waals surface area contributed by atoms with Crippen LogP contribution in [0.5, 0.6) is 0 Å². The van der Waals surface area contributed by atoms with E-state index in [9.17, 15) is 0 Å². The standard InChI is InChI=1S/C5H6BrIN2/c1-2-9-4(6)3-5(7)8-9/h3H,2H2,1H3. The Morgan fingerprint density at radius 2 is 2.56 bits per heavy atom. The average molecular weight is 301 g/mol. The first-order valence-electron chi connectivity index (χ1n) is 2.63. The fourth-order valence-electron chi connectivity index (χ4n) is 0.587. The number of nitrogens with zero attached hydrogens (tertiary/aromatic N) is 2. The molecule has 0 aliphatic carbocycles. The van der Waals surface area contributed by atoms with Gasteiger partial charge in [-0.15, -0.1) is 0 Å². The van der Waals surface area contributed by atoms with Crippen molar-refractivity contribution >= 4 is 38.5 Å². The van der Waals surface area contributed by atoms with E-state index in [4.69, 9.17) is 0 Å². The molecule has 0 aliphatic rings. The second-order valence-corrected chi connectivity index (χ2v) is 3.52. The summed E-state index contributed by atoms with van der Waals surface area (Å²) in [5.41, 5.74) is 0. The summed E-state index contributed by atoms with van der Waals surface area (Å²) in [7, 11) is 0. The van der Waals surface area contributed by atoms with Crippen molar-refractivity contribution in [1.82, 2.24) is 9.78 Å². The molecule has 0 radical (unpaired) electrons. The number of hydrogen-bond acceptors (Lipinski definition) is 1. The van der Waals surface area contributed by atoms with Crippen LogP contribution in [0.15, 0.2) is 10.7 Å². The molecule has 50 valence electrons. The topological polar surface area (TPSA) is 17.8 Å². The summed E-state index contributed by atoms with van der Waals surface area (Å²) in [6.45, 7) is 2.98. The SMILES string of the molecule is CCn1nc(I)cc1Br. The molecule has 0 aromatic carbocycles. The van der Waals surface area contributed by atoms with Gasteiger partial charge in [-0.3, -0.25) is 4.68 Å². The molecule has 1 aromatic heterocycles. The Morgan fingerprint density at radius 3 is 2.78 bits per heavy atom. The predicted molar refractivity (Wildman–Crippen MR) is 48.3 cm³/mol. The van der Waals surface area contributed by atoms with Gasteiger partial charge in [-0.2, -0.15) is 5.10 Å². The fourth-order valence-corrected chi connectivity index (χ4v) is 2.12. The zero-order chi connectivity index (χ0) is 6.85. The summed E-state index contributed by atoms with van der Waals surface area (Å²) < 4.78 is 3.98. The molecule has 4 heteroatoms. The maximum atomic E-state index is 4.19. The number of halogens is 2. The Kier molecular flexibility index (Phi) is 2.51. The minimum atomic E-state index is 0.920. The van der Waals surface area contributed by atoms with E-state index in [2.05, 4.69) is 50.5 Å². The summed E-state index contributed by atoms with van der Waals surface area (Å²) in [5.74, 6) is 0. The van der Waals surface area contributed by atoms with E-state index in [0.29, 0.717) is 0 Å². The molecule has 0 atom stereocenters. The Hall–Kier alpha value is 0.420. The van der Waals surface area contributed by atoms with Crippen molar-refractivity contribution in [3.8, 4) is 0 Å². The Morgan fingerprint density at radius 1 is 1.89 bits per heavy atom. The second kappa shape index (κ2) is 3.01. The van der Waals surface area contributed by atoms with Crippen LogP contribution in [-0.4, -0.2) is 9.78 Å². The third-order valence-electron chi connectivity index (χ3n) is 1.00. The van der Waals surface area contributed by atoms with E-state index < -0.39 is 0 Å². The fraction of sp³-hybridized carbons (Fsp3) is 0.400. The molecule has 0 unspecified atom stereocenters. The van der Waals surface area contributed by atoms with E-state index in [0.717, 1.165) is 14.8 Å². The van der Waals surface area contributed by atoms with Crippen LogP contribution in [0.4, 0.5) is 0 Å². The lowest BCUT2D eigenvalue weighted by Crippen LogP contribution is -1.95. The van der Waals surface area contributed by atoms with E-state index in [1.807, 2.05) is 10.7 Å². The van der Waals surface area contributed by atoms with Gasteiger partial charge in [0.05, 0.1) is 0 Å². The van der Waals surface area contributed by atoms with Crippen LogP contribution in [-0.2, 0) is 6.54 Å². The molecule has 0 bridgehead atoms. The maximum absolute atomic E-state index is 4.19. The molecule has 0 fully saturated rings.